The Morgan fingerprint density at radius 1 is 1.44 bits per heavy atom. The summed E-state index contributed by atoms with van der Waals surface area (Å²) in [5.74, 6) is 1.51. The van der Waals surface area contributed by atoms with E-state index in [1.54, 1.807) is 0 Å². The average Bonchev–Trinajstić information content (AvgIpc) is 2.35. The smallest absolute Gasteiger partial charge is 0.191 e. The van der Waals surface area contributed by atoms with E-state index in [0.29, 0.717) is 5.16 Å². The lowest BCUT2D eigenvalue weighted by Gasteiger charge is -2.15. The van der Waals surface area contributed by atoms with Crippen LogP contribution in [0, 0.1) is 0 Å². The average molecular weight is 242 g/mol. The Labute approximate surface area is 100 Å². The van der Waals surface area contributed by atoms with Gasteiger partial charge < -0.3 is 15.7 Å². The van der Waals surface area contributed by atoms with E-state index < -0.39 is 0 Å². The Bertz CT molecular complexity index is 308. The second-order valence-corrected chi connectivity index (χ2v) is 4.08. The summed E-state index contributed by atoms with van der Waals surface area (Å²) in [6.07, 6.45) is 2.78. The van der Waals surface area contributed by atoms with Gasteiger partial charge in [-0.25, -0.2) is 9.97 Å². The highest BCUT2D eigenvalue weighted by molar-refractivity contribution is 7.98. The fraction of sp³-hybridized carbons (Fsp3) is 0.600. The molecule has 0 aromatic carbocycles. The number of hydrogen-bond acceptors (Lipinski definition) is 6. The molecule has 1 heterocycles. The number of aliphatic hydroxyl groups is 1. The Balaban J connectivity index is 2.85. The van der Waals surface area contributed by atoms with Gasteiger partial charge in [0.05, 0.1) is 12.6 Å². The first-order chi connectivity index (χ1) is 7.73. The molecular weight excluding hydrogens is 224 g/mol. The van der Waals surface area contributed by atoms with Crippen LogP contribution in [0.2, 0.25) is 0 Å². The van der Waals surface area contributed by atoms with Gasteiger partial charge in [-0.3, -0.25) is 0 Å². The van der Waals surface area contributed by atoms with Crippen LogP contribution in [0.5, 0.6) is 0 Å². The maximum absolute atomic E-state index is 9.11. The lowest BCUT2D eigenvalue weighted by molar-refractivity contribution is 0.271. The summed E-state index contributed by atoms with van der Waals surface area (Å²) in [6.45, 7) is 2.12. The Hall–Kier alpha value is -1.01. The fourth-order valence-corrected chi connectivity index (χ4v) is 1.58. The highest BCUT2D eigenvalue weighted by Gasteiger charge is 2.07. The van der Waals surface area contributed by atoms with Gasteiger partial charge in [0.15, 0.2) is 5.16 Å². The molecule has 0 saturated heterocycles. The predicted octanol–water partition coefficient (Wildman–Crippen LogP) is 1.42. The third-order valence-corrected chi connectivity index (χ3v) is 2.76. The molecule has 0 bridgehead atoms. The van der Waals surface area contributed by atoms with Crippen LogP contribution >= 0.6 is 11.8 Å². The van der Waals surface area contributed by atoms with E-state index in [0.717, 1.165) is 18.1 Å². The Morgan fingerprint density at radius 2 is 2.12 bits per heavy atom. The van der Waals surface area contributed by atoms with E-state index in [2.05, 4.69) is 20.6 Å². The molecule has 0 spiro atoms. The molecule has 1 rings (SSSR count). The van der Waals surface area contributed by atoms with E-state index in [-0.39, 0.29) is 12.6 Å². The standard InChI is InChI=1S/C10H18N4OS/c1-4-7(6-15)12-9-5-8(11-2)13-10(14-9)16-3/h5,7,15H,4,6H2,1-3H3,(H2,11,12,13,14). The molecule has 1 atom stereocenters. The number of nitrogens with zero attached hydrogens (tertiary/aromatic N) is 2. The molecule has 1 aromatic heterocycles. The summed E-state index contributed by atoms with van der Waals surface area (Å²) in [4.78, 5) is 8.59. The first kappa shape index (κ1) is 13.1. The summed E-state index contributed by atoms with van der Waals surface area (Å²) in [5, 5.41) is 16.0. The van der Waals surface area contributed by atoms with Gasteiger partial charge in [-0.2, -0.15) is 0 Å². The van der Waals surface area contributed by atoms with E-state index >= 15 is 0 Å². The van der Waals surface area contributed by atoms with Crippen molar-refractivity contribution in [3.63, 3.8) is 0 Å². The molecule has 0 radical (unpaired) electrons. The lowest BCUT2D eigenvalue weighted by Crippen LogP contribution is -2.23. The van der Waals surface area contributed by atoms with Crippen LogP contribution in [0.4, 0.5) is 11.6 Å². The third kappa shape index (κ3) is 3.53. The largest absolute Gasteiger partial charge is 0.394 e. The van der Waals surface area contributed by atoms with E-state index in [1.165, 1.54) is 11.8 Å². The van der Waals surface area contributed by atoms with Gasteiger partial charge in [0.25, 0.3) is 0 Å². The number of aromatic nitrogens is 2. The fourth-order valence-electron chi connectivity index (χ4n) is 1.20. The van der Waals surface area contributed by atoms with Crippen LogP contribution in [0.1, 0.15) is 13.3 Å². The second-order valence-electron chi connectivity index (χ2n) is 3.31. The normalized spacial score (nSPS) is 12.2. The molecule has 1 unspecified atom stereocenters. The first-order valence-corrected chi connectivity index (χ1v) is 6.44. The van der Waals surface area contributed by atoms with Gasteiger partial charge >= 0.3 is 0 Å². The molecule has 1 aromatic rings. The highest BCUT2D eigenvalue weighted by atomic mass is 32.2. The molecule has 16 heavy (non-hydrogen) atoms. The zero-order valence-electron chi connectivity index (χ0n) is 9.82. The minimum Gasteiger partial charge on any atom is -0.394 e. The van der Waals surface area contributed by atoms with Crippen LogP contribution in [-0.2, 0) is 0 Å². The van der Waals surface area contributed by atoms with Crippen molar-refractivity contribution in [3.8, 4) is 0 Å². The van der Waals surface area contributed by atoms with Crippen LogP contribution < -0.4 is 10.6 Å². The van der Waals surface area contributed by atoms with Crippen LogP contribution in [0.3, 0.4) is 0 Å². The van der Waals surface area contributed by atoms with Crippen LogP contribution in [-0.4, -0.2) is 41.0 Å². The van der Waals surface area contributed by atoms with Crippen molar-refractivity contribution in [1.82, 2.24) is 9.97 Å². The molecule has 0 aliphatic heterocycles. The molecular formula is C10H18N4OS. The number of rotatable bonds is 6. The number of nitrogens with one attached hydrogen (secondary N) is 2. The zero-order chi connectivity index (χ0) is 12.0. The summed E-state index contributed by atoms with van der Waals surface area (Å²) >= 11 is 1.49. The molecule has 0 saturated carbocycles. The van der Waals surface area contributed by atoms with Crippen LogP contribution in [0.15, 0.2) is 11.2 Å². The second kappa shape index (κ2) is 6.55. The van der Waals surface area contributed by atoms with Gasteiger partial charge in [0.2, 0.25) is 0 Å². The van der Waals surface area contributed by atoms with Crippen molar-refractivity contribution in [2.45, 2.75) is 24.5 Å². The molecule has 3 N–H and O–H groups in total. The molecule has 90 valence electrons. The summed E-state index contributed by atoms with van der Waals surface area (Å²) in [7, 11) is 1.82. The van der Waals surface area contributed by atoms with Gasteiger partial charge in [0.1, 0.15) is 11.6 Å². The number of aliphatic hydroxyl groups excluding tert-OH is 1. The first-order valence-electron chi connectivity index (χ1n) is 5.21. The maximum Gasteiger partial charge on any atom is 0.191 e. The minimum atomic E-state index is 0.0364. The molecule has 0 amide bonds. The van der Waals surface area contributed by atoms with Crippen molar-refractivity contribution in [3.05, 3.63) is 6.07 Å². The molecule has 0 aliphatic rings. The van der Waals surface area contributed by atoms with Crippen molar-refractivity contribution >= 4 is 23.4 Å². The van der Waals surface area contributed by atoms with E-state index in [1.807, 2.05) is 26.3 Å². The third-order valence-electron chi connectivity index (χ3n) is 2.21. The van der Waals surface area contributed by atoms with Gasteiger partial charge in [-0.15, -0.1) is 0 Å². The summed E-state index contributed by atoms with van der Waals surface area (Å²) in [5.41, 5.74) is 0. The highest BCUT2D eigenvalue weighted by Crippen LogP contribution is 2.17. The van der Waals surface area contributed by atoms with Crippen molar-refractivity contribution in [1.29, 1.82) is 0 Å². The SMILES string of the molecule is CCC(CO)Nc1cc(NC)nc(SC)n1. The zero-order valence-corrected chi connectivity index (χ0v) is 10.6. The Morgan fingerprint density at radius 3 is 2.62 bits per heavy atom. The maximum atomic E-state index is 9.11. The van der Waals surface area contributed by atoms with E-state index in [4.69, 9.17) is 5.11 Å². The monoisotopic (exact) mass is 242 g/mol. The molecule has 5 nitrogen and oxygen atoms in total. The lowest BCUT2D eigenvalue weighted by atomic mass is 10.2. The number of hydrogen-bond donors (Lipinski definition) is 3. The van der Waals surface area contributed by atoms with Crippen LogP contribution in [0.25, 0.3) is 0 Å². The topological polar surface area (TPSA) is 70.1 Å². The number of anilines is 2. The molecule has 6 heteroatoms. The van der Waals surface area contributed by atoms with Crippen molar-refractivity contribution in [2.24, 2.45) is 0 Å². The Kier molecular flexibility index (Phi) is 5.34. The number of thioether (sulfide) groups is 1. The quantitative estimate of drug-likeness (QED) is 0.518. The molecule has 0 fully saturated rings. The minimum absolute atomic E-state index is 0.0364. The summed E-state index contributed by atoms with van der Waals surface area (Å²) in [6, 6.07) is 1.87. The van der Waals surface area contributed by atoms with Gasteiger partial charge in [0, 0.05) is 13.1 Å². The van der Waals surface area contributed by atoms with Crippen molar-refractivity contribution < 1.29 is 5.11 Å². The predicted molar refractivity (Wildman–Crippen MR) is 68.1 cm³/mol. The van der Waals surface area contributed by atoms with Gasteiger partial charge in [-0.05, 0) is 12.7 Å². The molecule has 0 aliphatic carbocycles. The van der Waals surface area contributed by atoms with Crippen molar-refractivity contribution in [2.75, 3.05) is 30.5 Å². The summed E-state index contributed by atoms with van der Waals surface area (Å²) < 4.78 is 0. The van der Waals surface area contributed by atoms with E-state index in [9.17, 15) is 0 Å². The van der Waals surface area contributed by atoms with Gasteiger partial charge in [-0.1, -0.05) is 18.7 Å².